The van der Waals surface area contributed by atoms with E-state index < -0.39 is 0 Å². The summed E-state index contributed by atoms with van der Waals surface area (Å²) in [5, 5.41) is 2.92. The summed E-state index contributed by atoms with van der Waals surface area (Å²) in [4.78, 5) is 13.9. The fraction of sp³-hybridized carbons (Fsp3) is 0.500. The minimum absolute atomic E-state index is 0.0823. The third-order valence-electron chi connectivity index (χ3n) is 2.62. The van der Waals surface area contributed by atoms with Crippen LogP contribution in [0.15, 0.2) is 28.7 Å². The molecule has 1 aromatic rings. The van der Waals surface area contributed by atoms with E-state index in [-0.39, 0.29) is 11.9 Å². The molecule has 1 amide bonds. The number of likely N-dealkylation sites (N-methyl/N-ethyl adjacent to an activating group) is 1. The molecule has 100 valence electrons. The van der Waals surface area contributed by atoms with E-state index in [1.165, 1.54) is 5.56 Å². The van der Waals surface area contributed by atoms with E-state index in [4.69, 9.17) is 0 Å². The molecule has 0 aliphatic carbocycles. The number of rotatable bonds is 6. The molecule has 0 spiro atoms. The Labute approximate surface area is 118 Å². The standard InChI is InChI=1S/C14H21BrN2O/c1-4-17(10-14(18)16-11(2)3)9-12-7-5-6-8-13(12)15/h5-8,11H,4,9-10H2,1-3H3,(H,16,18). The summed E-state index contributed by atoms with van der Waals surface area (Å²) < 4.78 is 1.09. The molecule has 0 aliphatic heterocycles. The molecule has 3 nitrogen and oxygen atoms in total. The van der Waals surface area contributed by atoms with Gasteiger partial charge in [0.2, 0.25) is 5.91 Å². The molecule has 0 aliphatic rings. The maximum atomic E-state index is 11.7. The van der Waals surface area contributed by atoms with E-state index in [9.17, 15) is 4.79 Å². The Balaban J connectivity index is 2.57. The van der Waals surface area contributed by atoms with Crippen molar-refractivity contribution in [3.63, 3.8) is 0 Å². The molecule has 1 rings (SSSR count). The van der Waals surface area contributed by atoms with Gasteiger partial charge in [-0.1, -0.05) is 41.1 Å². The second-order valence-electron chi connectivity index (χ2n) is 4.62. The van der Waals surface area contributed by atoms with Gasteiger partial charge in [-0.15, -0.1) is 0 Å². The molecular formula is C14H21BrN2O. The number of halogens is 1. The predicted octanol–water partition coefficient (Wildman–Crippen LogP) is 2.80. The first kappa shape index (κ1) is 15.2. The van der Waals surface area contributed by atoms with Crippen LogP contribution in [0, 0.1) is 0 Å². The molecule has 0 aromatic heterocycles. The van der Waals surface area contributed by atoms with E-state index in [0.29, 0.717) is 6.54 Å². The molecule has 0 radical (unpaired) electrons. The first-order valence-electron chi connectivity index (χ1n) is 6.28. The second-order valence-corrected chi connectivity index (χ2v) is 5.47. The van der Waals surface area contributed by atoms with Gasteiger partial charge in [0.25, 0.3) is 0 Å². The summed E-state index contributed by atoms with van der Waals surface area (Å²) in [6.07, 6.45) is 0. The maximum Gasteiger partial charge on any atom is 0.234 e. The summed E-state index contributed by atoms with van der Waals surface area (Å²) in [6, 6.07) is 8.31. The van der Waals surface area contributed by atoms with Crippen molar-refractivity contribution in [2.24, 2.45) is 0 Å². The van der Waals surface area contributed by atoms with Crippen molar-refractivity contribution in [1.29, 1.82) is 0 Å². The number of nitrogens with one attached hydrogen (secondary N) is 1. The smallest absolute Gasteiger partial charge is 0.234 e. The maximum absolute atomic E-state index is 11.7. The molecule has 0 bridgehead atoms. The van der Waals surface area contributed by atoms with Crippen LogP contribution in [-0.2, 0) is 11.3 Å². The molecule has 0 saturated heterocycles. The number of nitrogens with zero attached hydrogens (tertiary/aromatic N) is 1. The number of hydrogen-bond acceptors (Lipinski definition) is 2. The van der Waals surface area contributed by atoms with Gasteiger partial charge in [0, 0.05) is 17.1 Å². The van der Waals surface area contributed by atoms with Crippen LogP contribution >= 0.6 is 15.9 Å². The van der Waals surface area contributed by atoms with E-state index in [2.05, 4.69) is 39.1 Å². The minimum Gasteiger partial charge on any atom is -0.353 e. The quantitative estimate of drug-likeness (QED) is 0.876. The van der Waals surface area contributed by atoms with Crippen molar-refractivity contribution in [2.45, 2.75) is 33.4 Å². The summed E-state index contributed by atoms with van der Waals surface area (Å²) in [7, 11) is 0. The summed E-state index contributed by atoms with van der Waals surface area (Å²) in [6.45, 7) is 8.09. The third kappa shape index (κ3) is 5.19. The Morgan fingerprint density at radius 3 is 2.61 bits per heavy atom. The number of carbonyl (C=O) groups is 1. The minimum atomic E-state index is 0.0823. The number of benzene rings is 1. The van der Waals surface area contributed by atoms with E-state index >= 15 is 0 Å². The fourth-order valence-electron chi connectivity index (χ4n) is 1.72. The highest BCUT2D eigenvalue weighted by Gasteiger charge is 2.11. The lowest BCUT2D eigenvalue weighted by Gasteiger charge is -2.21. The van der Waals surface area contributed by atoms with Gasteiger partial charge in [-0.25, -0.2) is 0 Å². The molecular weight excluding hydrogens is 292 g/mol. The number of carbonyl (C=O) groups excluding carboxylic acids is 1. The lowest BCUT2D eigenvalue weighted by atomic mass is 10.2. The average Bonchev–Trinajstić information content (AvgIpc) is 2.30. The van der Waals surface area contributed by atoms with Gasteiger partial charge in [0.05, 0.1) is 6.54 Å². The Bertz CT molecular complexity index is 393. The normalized spacial score (nSPS) is 11.0. The highest BCUT2D eigenvalue weighted by atomic mass is 79.9. The van der Waals surface area contributed by atoms with E-state index in [1.54, 1.807) is 0 Å². The molecule has 0 unspecified atom stereocenters. The largest absolute Gasteiger partial charge is 0.353 e. The topological polar surface area (TPSA) is 32.3 Å². The molecule has 1 aromatic carbocycles. The summed E-state index contributed by atoms with van der Waals surface area (Å²) >= 11 is 3.53. The first-order chi connectivity index (χ1) is 8.52. The molecule has 0 heterocycles. The Morgan fingerprint density at radius 1 is 1.39 bits per heavy atom. The van der Waals surface area contributed by atoms with Crippen molar-refractivity contribution in [1.82, 2.24) is 10.2 Å². The van der Waals surface area contributed by atoms with Crippen molar-refractivity contribution in [3.8, 4) is 0 Å². The van der Waals surface area contributed by atoms with Crippen molar-refractivity contribution in [2.75, 3.05) is 13.1 Å². The Morgan fingerprint density at radius 2 is 2.06 bits per heavy atom. The predicted molar refractivity (Wildman–Crippen MR) is 78.4 cm³/mol. The number of hydrogen-bond donors (Lipinski definition) is 1. The third-order valence-corrected chi connectivity index (χ3v) is 3.39. The molecule has 0 atom stereocenters. The van der Waals surface area contributed by atoms with Crippen molar-refractivity contribution in [3.05, 3.63) is 34.3 Å². The summed E-state index contributed by atoms with van der Waals surface area (Å²) in [5.41, 5.74) is 1.21. The lowest BCUT2D eigenvalue weighted by molar-refractivity contribution is -0.122. The molecule has 1 N–H and O–H groups in total. The molecule has 0 fully saturated rings. The van der Waals surface area contributed by atoms with Gasteiger partial charge in [-0.05, 0) is 32.0 Å². The fourth-order valence-corrected chi connectivity index (χ4v) is 2.13. The van der Waals surface area contributed by atoms with Gasteiger partial charge in [-0.3, -0.25) is 9.69 Å². The highest BCUT2D eigenvalue weighted by molar-refractivity contribution is 9.10. The van der Waals surface area contributed by atoms with Gasteiger partial charge in [-0.2, -0.15) is 0 Å². The number of amides is 1. The van der Waals surface area contributed by atoms with Crippen LogP contribution in [0.3, 0.4) is 0 Å². The van der Waals surface area contributed by atoms with Gasteiger partial charge in [0.1, 0.15) is 0 Å². The zero-order valence-corrected chi connectivity index (χ0v) is 12.8. The average molecular weight is 313 g/mol. The van der Waals surface area contributed by atoms with Crippen LogP contribution in [0.5, 0.6) is 0 Å². The molecule has 0 saturated carbocycles. The first-order valence-corrected chi connectivity index (χ1v) is 7.07. The molecule has 4 heteroatoms. The summed E-state index contributed by atoms with van der Waals surface area (Å²) in [5.74, 6) is 0.0823. The van der Waals surface area contributed by atoms with Crippen LogP contribution in [-0.4, -0.2) is 29.9 Å². The highest BCUT2D eigenvalue weighted by Crippen LogP contribution is 2.17. The van der Waals surface area contributed by atoms with Crippen LogP contribution in [0.2, 0.25) is 0 Å². The van der Waals surface area contributed by atoms with Crippen LogP contribution in [0.4, 0.5) is 0 Å². The Hall–Kier alpha value is -0.870. The molecule has 18 heavy (non-hydrogen) atoms. The van der Waals surface area contributed by atoms with Crippen molar-refractivity contribution < 1.29 is 4.79 Å². The van der Waals surface area contributed by atoms with Crippen LogP contribution in [0.25, 0.3) is 0 Å². The SMILES string of the molecule is CCN(CC(=O)NC(C)C)Cc1ccccc1Br. The lowest BCUT2D eigenvalue weighted by Crippen LogP contribution is -2.39. The second kappa shape index (κ2) is 7.54. The van der Waals surface area contributed by atoms with Gasteiger partial charge >= 0.3 is 0 Å². The zero-order valence-electron chi connectivity index (χ0n) is 11.2. The monoisotopic (exact) mass is 312 g/mol. The Kier molecular flexibility index (Phi) is 6.36. The van der Waals surface area contributed by atoms with Crippen LogP contribution < -0.4 is 5.32 Å². The van der Waals surface area contributed by atoms with Gasteiger partial charge in [0.15, 0.2) is 0 Å². The van der Waals surface area contributed by atoms with E-state index in [1.807, 2.05) is 32.0 Å². The van der Waals surface area contributed by atoms with Crippen LogP contribution in [0.1, 0.15) is 26.3 Å². The van der Waals surface area contributed by atoms with Crippen molar-refractivity contribution >= 4 is 21.8 Å². The zero-order chi connectivity index (χ0) is 13.5. The van der Waals surface area contributed by atoms with Gasteiger partial charge < -0.3 is 5.32 Å². The van der Waals surface area contributed by atoms with E-state index in [0.717, 1.165) is 17.6 Å².